The minimum absolute atomic E-state index is 0.00620. The van der Waals surface area contributed by atoms with Crippen molar-refractivity contribution in [1.82, 2.24) is 9.47 Å². The minimum Gasteiger partial charge on any atom is -0.463 e. The summed E-state index contributed by atoms with van der Waals surface area (Å²) < 4.78 is 26.4. The van der Waals surface area contributed by atoms with Crippen molar-refractivity contribution < 1.29 is 27.9 Å². The summed E-state index contributed by atoms with van der Waals surface area (Å²) in [6.07, 6.45) is 1.71. The molecule has 36 heavy (non-hydrogen) atoms. The van der Waals surface area contributed by atoms with E-state index >= 15 is 0 Å². The fraction of sp³-hybridized carbons (Fsp3) is 0.148. The van der Waals surface area contributed by atoms with Crippen molar-refractivity contribution in [3.8, 4) is 0 Å². The van der Waals surface area contributed by atoms with Gasteiger partial charge in [0.25, 0.3) is 11.1 Å². The zero-order valence-electron chi connectivity index (χ0n) is 19.5. The summed E-state index contributed by atoms with van der Waals surface area (Å²) in [5.41, 5.74) is 3.09. The van der Waals surface area contributed by atoms with Gasteiger partial charge in [-0.3, -0.25) is 14.5 Å². The van der Waals surface area contributed by atoms with Gasteiger partial charge < -0.3 is 13.7 Å². The first-order valence-corrected chi connectivity index (χ1v) is 11.9. The van der Waals surface area contributed by atoms with Crippen molar-refractivity contribution in [3.63, 3.8) is 0 Å². The fourth-order valence-corrected chi connectivity index (χ4v) is 5.06. The van der Waals surface area contributed by atoms with Crippen LogP contribution in [-0.4, -0.2) is 33.7 Å². The molecule has 0 radical (unpaired) electrons. The first kappa shape index (κ1) is 23.6. The molecule has 4 aromatic rings. The molecule has 7 nitrogen and oxygen atoms in total. The molecule has 0 spiro atoms. The predicted molar refractivity (Wildman–Crippen MR) is 134 cm³/mol. The first-order chi connectivity index (χ1) is 17.4. The highest BCUT2D eigenvalue weighted by molar-refractivity contribution is 8.18. The molecular formula is C27H21FN2O5S. The molecule has 9 heteroatoms. The maximum atomic E-state index is 14.4. The molecular weight excluding hydrogens is 483 g/mol. The molecule has 5 rings (SSSR count). The van der Waals surface area contributed by atoms with E-state index in [1.54, 1.807) is 24.3 Å². The highest BCUT2D eigenvalue weighted by Crippen LogP contribution is 2.36. The molecule has 1 saturated heterocycles. The number of ether oxygens (including phenoxy) is 1. The van der Waals surface area contributed by atoms with Gasteiger partial charge in [0.2, 0.25) is 5.76 Å². The summed E-state index contributed by atoms with van der Waals surface area (Å²) >= 11 is 0.842. The van der Waals surface area contributed by atoms with E-state index in [4.69, 9.17) is 4.42 Å². The topological polar surface area (TPSA) is 81.8 Å². The van der Waals surface area contributed by atoms with Crippen LogP contribution < -0.4 is 0 Å². The first-order valence-electron chi connectivity index (χ1n) is 11.1. The van der Waals surface area contributed by atoms with E-state index in [1.807, 2.05) is 35.8 Å². The third-order valence-electron chi connectivity index (χ3n) is 6.08. The molecule has 1 aliphatic rings. The number of rotatable bonds is 6. The zero-order valence-corrected chi connectivity index (χ0v) is 20.3. The summed E-state index contributed by atoms with van der Waals surface area (Å²) in [5.74, 6) is -1.10. The lowest BCUT2D eigenvalue weighted by Gasteiger charge is -2.10. The Balaban J connectivity index is 1.47. The standard InChI is InChI=1S/C27H21FN2O5S/c1-16-20(19-8-4-6-10-22(19)29(16)14-17-7-3-5-9-21(17)28)13-24-25(31)30(27(33)36-24)15-18-11-12-23(35-18)26(32)34-2/h3-13H,14-15H2,1-2H3/b24-13+. The van der Waals surface area contributed by atoms with Gasteiger partial charge in [-0.1, -0.05) is 36.4 Å². The smallest absolute Gasteiger partial charge is 0.373 e. The van der Waals surface area contributed by atoms with Gasteiger partial charge in [-0.15, -0.1) is 0 Å². The lowest BCUT2D eigenvalue weighted by atomic mass is 10.1. The van der Waals surface area contributed by atoms with Crippen molar-refractivity contribution in [1.29, 1.82) is 0 Å². The molecule has 0 saturated carbocycles. The highest BCUT2D eigenvalue weighted by atomic mass is 32.2. The number of methoxy groups -OCH3 is 1. The molecule has 0 unspecified atom stereocenters. The molecule has 0 atom stereocenters. The maximum Gasteiger partial charge on any atom is 0.373 e. The van der Waals surface area contributed by atoms with Crippen LogP contribution in [0.4, 0.5) is 9.18 Å². The molecule has 2 aromatic carbocycles. The molecule has 0 aliphatic carbocycles. The lowest BCUT2D eigenvalue weighted by Crippen LogP contribution is -2.27. The Hall–Kier alpha value is -4.11. The monoisotopic (exact) mass is 504 g/mol. The summed E-state index contributed by atoms with van der Waals surface area (Å²) in [4.78, 5) is 38.8. The number of amides is 2. The zero-order chi connectivity index (χ0) is 25.4. The van der Waals surface area contributed by atoms with Crippen LogP contribution in [0.1, 0.15) is 33.1 Å². The minimum atomic E-state index is -0.641. The fourth-order valence-electron chi connectivity index (χ4n) is 4.24. The van der Waals surface area contributed by atoms with Gasteiger partial charge >= 0.3 is 5.97 Å². The SMILES string of the molecule is COC(=O)c1ccc(CN2C(=O)S/C(=C/c3c(C)n(Cc4ccccc4F)c4ccccc34)C2=O)o1. The third kappa shape index (κ3) is 4.22. The molecule has 2 aromatic heterocycles. The van der Waals surface area contributed by atoms with E-state index in [-0.39, 0.29) is 28.8 Å². The predicted octanol–water partition coefficient (Wildman–Crippen LogP) is 5.75. The number of benzene rings is 2. The number of para-hydroxylation sites is 1. The number of fused-ring (bicyclic) bond motifs is 1. The number of nitrogens with zero attached hydrogens (tertiary/aromatic N) is 2. The van der Waals surface area contributed by atoms with Gasteiger partial charge in [0.05, 0.1) is 25.1 Å². The molecule has 1 aliphatic heterocycles. The molecule has 2 amide bonds. The summed E-state index contributed by atoms with van der Waals surface area (Å²) in [7, 11) is 1.24. The van der Waals surface area contributed by atoms with Crippen molar-refractivity contribution in [2.24, 2.45) is 0 Å². The molecule has 1 fully saturated rings. The van der Waals surface area contributed by atoms with Crippen LogP contribution in [0.3, 0.4) is 0 Å². The van der Waals surface area contributed by atoms with Gasteiger partial charge in [-0.2, -0.15) is 0 Å². The molecule has 0 bridgehead atoms. The van der Waals surface area contributed by atoms with E-state index in [0.29, 0.717) is 12.1 Å². The van der Waals surface area contributed by atoms with E-state index < -0.39 is 17.1 Å². The van der Waals surface area contributed by atoms with Gasteiger partial charge in [0.15, 0.2) is 0 Å². The van der Waals surface area contributed by atoms with Crippen LogP contribution in [0.5, 0.6) is 0 Å². The summed E-state index contributed by atoms with van der Waals surface area (Å²) in [5, 5.41) is 0.460. The Morgan fingerprint density at radius 2 is 1.81 bits per heavy atom. The maximum absolute atomic E-state index is 14.4. The van der Waals surface area contributed by atoms with E-state index in [1.165, 1.54) is 25.3 Å². The summed E-state index contributed by atoms with van der Waals surface area (Å²) in [6.45, 7) is 2.14. The van der Waals surface area contributed by atoms with Crippen LogP contribution in [0.2, 0.25) is 0 Å². The Kier molecular flexibility index (Phi) is 6.24. The second-order valence-corrected chi connectivity index (χ2v) is 9.21. The Labute approximate surface area is 210 Å². The number of halogens is 1. The Morgan fingerprint density at radius 1 is 1.06 bits per heavy atom. The third-order valence-corrected chi connectivity index (χ3v) is 6.98. The Bertz CT molecular complexity index is 1550. The van der Waals surface area contributed by atoms with Crippen LogP contribution in [0.15, 0.2) is 70.0 Å². The van der Waals surface area contributed by atoms with E-state index in [2.05, 4.69) is 4.74 Å². The number of aromatic nitrogens is 1. The number of carbonyl (C=O) groups excluding carboxylic acids is 3. The number of hydrogen-bond donors (Lipinski definition) is 0. The van der Waals surface area contributed by atoms with Crippen molar-refractivity contribution in [2.45, 2.75) is 20.0 Å². The number of imide groups is 1. The van der Waals surface area contributed by atoms with Gasteiger partial charge in [-0.25, -0.2) is 9.18 Å². The number of carbonyl (C=O) groups is 3. The van der Waals surface area contributed by atoms with Crippen molar-refractivity contribution in [3.05, 3.63) is 99.7 Å². The molecule has 182 valence electrons. The number of esters is 1. The van der Waals surface area contributed by atoms with Crippen LogP contribution >= 0.6 is 11.8 Å². The molecule has 0 N–H and O–H groups in total. The van der Waals surface area contributed by atoms with Crippen LogP contribution in [0.25, 0.3) is 17.0 Å². The number of thioether (sulfide) groups is 1. The van der Waals surface area contributed by atoms with Crippen LogP contribution in [-0.2, 0) is 22.6 Å². The average Bonchev–Trinajstić information content (AvgIpc) is 3.53. The number of hydrogen-bond acceptors (Lipinski definition) is 6. The van der Waals surface area contributed by atoms with Crippen molar-refractivity contribution >= 4 is 45.9 Å². The van der Waals surface area contributed by atoms with E-state index in [0.717, 1.165) is 38.8 Å². The average molecular weight is 505 g/mol. The molecule has 3 heterocycles. The second kappa shape index (κ2) is 9.50. The van der Waals surface area contributed by atoms with Gasteiger partial charge in [0.1, 0.15) is 11.6 Å². The van der Waals surface area contributed by atoms with Crippen molar-refractivity contribution in [2.75, 3.05) is 7.11 Å². The second-order valence-electron chi connectivity index (χ2n) is 8.22. The normalized spacial score (nSPS) is 14.9. The Morgan fingerprint density at radius 3 is 2.58 bits per heavy atom. The van der Waals surface area contributed by atoms with Crippen LogP contribution in [0, 0.1) is 12.7 Å². The van der Waals surface area contributed by atoms with Gasteiger partial charge in [0, 0.05) is 27.7 Å². The van der Waals surface area contributed by atoms with E-state index in [9.17, 15) is 18.8 Å². The highest BCUT2D eigenvalue weighted by Gasteiger charge is 2.36. The quantitative estimate of drug-likeness (QED) is 0.246. The summed E-state index contributed by atoms with van der Waals surface area (Å²) in [6, 6.07) is 17.3. The van der Waals surface area contributed by atoms with Gasteiger partial charge in [-0.05, 0) is 49.0 Å². The largest absolute Gasteiger partial charge is 0.463 e. The lowest BCUT2D eigenvalue weighted by molar-refractivity contribution is -0.123. The number of furan rings is 1.